The molecule has 0 atom stereocenters. The minimum Gasteiger partial charge on any atom is -0.299 e. The molecule has 4 aromatic rings. The topological polar surface area (TPSA) is 64.1 Å². The first-order chi connectivity index (χ1) is 14.2. The second kappa shape index (κ2) is 7.36. The number of benzene rings is 1. The lowest BCUT2D eigenvalue weighted by molar-refractivity contribution is 0.201. The molecule has 0 bridgehead atoms. The van der Waals surface area contributed by atoms with Crippen LogP contribution < -0.4 is 0 Å². The Bertz CT molecular complexity index is 1120. The van der Waals surface area contributed by atoms with Crippen LogP contribution in [-0.2, 0) is 13.6 Å². The molecule has 148 valence electrons. The standard InChI is InChI=1S/C21H22FN7/c1-27-19(8-11-23-27)18-6-7-20-24-25-21(29(20)26-18)16-9-12-28(13-10-16)14-15-2-4-17(22)5-3-15/h2-8,11,16H,9-10,12-14H2,1H3. The Morgan fingerprint density at radius 1 is 1.00 bits per heavy atom. The van der Waals surface area contributed by atoms with Crippen LogP contribution in [0.5, 0.6) is 0 Å². The van der Waals surface area contributed by atoms with E-state index < -0.39 is 0 Å². The molecule has 8 heteroatoms. The minimum atomic E-state index is -0.191. The Hall–Kier alpha value is -3.13. The van der Waals surface area contributed by atoms with Gasteiger partial charge in [-0.25, -0.2) is 4.39 Å². The van der Waals surface area contributed by atoms with Gasteiger partial charge in [-0.1, -0.05) is 12.1 Å². The van der Waals surface area contributed by atoms with Gasteiger partial charge in [0.25, 0.3) is 0 Å². The Morgan fingerprint density at radius 3 is 2.52 bits per heavy atom. The number of halogens is 1. The van der Waals surface area contributed by atoms with E-state index in [0.29, 0.717) is 5.92 Å². The Labute approximate surface area is 167 Å². The zero-order valence-electron chi connectivity index (χ0n) is 16.2. The van der Waals surface area contributed by atoms with Crippen molar-refractivity contribution in [1.82, 2.24) is 34.5 Å². The third-order valence-corrected chi connectivity index (χ3v) is 5.64. The van der Waals surface area contributed by atoms with Crippen LogP contribution in [0.15, 0.2) is 48.7 Å². The van der Waals surface area contributed by atoms with Crippen LogP contribution in [0.3, 0.4) is 0 Å². The average molecular weight is 391 g/mol. The highest BCUT2D eigenvalue weighted by Crippen LogP contribution is 2.28. The van der Waals surface area contributed by atoms with Gasteiger partial charge in [-0.2, -0.15) is 14.7 Å². The smallest absolute Gasteiger partial charge is 0.177 e. The molecule has 3 aromatic heterocycles. The van der Waals surface area contributed by atoms with Crippen molar-refractivity contribution in [3.8, 4) is 11.4 Å². The van der Waals surface area contributed by atoms with Gasteiger partial charge in [0.1, 0.15) is 11.5 Å². The van der Waals surface area contributed by atoms with E-state index in [0.717, 1.165) is 60.9 Å². The number of aryl methyl sites for hydroxylation is 1. The number of nitrogens with zero attached hydrogens (tertiary/aromatic N) is 7. The maximum absolute atomic E-state index is 13.1. The second-order valence-electron chi connectivity index (χ2n) is 7.56. The summed E-state index contributed by atoms with van der Waals surface area (Å²) in [5, 5.41) is 17.8. The van der Waals surface area contributed by atoms with Crippen LogP contribution in [0.2, 0.25) is 0 Å². The van der Waals surface area contributed by atoms with E-state index in [2.05, 4.69) is 20.2 Å². The lowest BCUT2D eigenvalue weighted by Crippen LogP contribution is -2.33. The highest BCUT2D eigenvalue weighted by molar-refractivity contribution is 5.55. The van der Waals surface area contributed by atoms with Crippen molar-refractivity contribution in [3.05, 3.63) is 65.9 Å². The van der Waals surface area contributed by atoms with E-state index >= 15 is 0 Å². The summed E-state index contributed by atoms with van der Waals surface area (Å²) in [4.78, 5) is 2.40. The second-order valence-corrected chi connectivity index (χ2v) is 7.56. The number of aromatic nitrogens is 6. The summed E-state index contributed by atoms with van der Waals surface area (Å²) in [7, 11) is 1.91. The zero-order valence-corrected chi connectivity index (χ0v) is 16.2. The fourth-order valence-electron chi connectivity index (χ4n) is 4.02. The van der Waals surface area contributed by atoms with Crippen molar-refractivity contribution in [3.63, 3.8) is 0 Å². The molecule has 0 radical (unpaired) electrons. The molecular formula is C21H22FN7. The molecule has 1 aliphatic heterocycles. The molecule has 7 nitrogen and oxygen atoms in total. The van der Waals surface area contributed by atoms with Crippen LogP contribution in [0.25, 0.3) is 17.0 Å². The highest BCUT2D eigenvalue weighted by Gasteiger charge is 2.25. The van der Waals surface area contributed by atoms with Gasteiger partial charge in [-0.3, -0.25) is 9.58 Å². The third kappa shape index (κ3) is 3.51. The summed E-state index contributed by atoms with van der Waals surface area (Å²) >= 11 is 0. The predicted octanol–water partition coefficient (Wildman–Crippen LogP) is 3.04. The first-order valence-corrected chi connectivity index (χ1v) is 9.85. The van der Waals surface area contributed by atoms with Gasteiger partial charge >= 0.3 is 0 Å². The largest absolute Gasteiger partial charge is 0.299 e. The summed E-state index contributed by atoms with van der Waals surface area (Å²) < 4.78 is 16.8. The number of hydrogen-bond donors (Lipinski definition) is 0. The molecule has 0 aliphatic carbocycles. The molecule has 0 spiro atoms. The highest BCUT2D eigenvalue weighted by atomic mass is 19.1. The van der Waals surface area contributed by atoms with Crippen molar-refractivity contribution in [2.24, 2.45) is 7.05 Å². The Kier molecular flexibility index (Phi) is 4.55. The Balaban J connectivity index is 1.32. The average Bonchev–Trinajstić information content (AvgIpc) is 3.36. The van der Waals surface area contributed by atoms with E-state index in [-0.39, 0.29) is 5.82 Å². The van der Waals surface area contributed by atoms with Crippen LogP contribution in [-0.4, -0.2) is 47.6 Å². The van der Waals surface area contributed by atoms with Gasteiger partial charge < -0.3 is 0 Å². The Morgan fingerprint density at radius 2 is 1.79 bits per heavy atom. The van der Waals surface area contributed by atoms with Crippen LogP contribution in [0.1, 0.15) is 30.1 Å². The van der Waals surface area contributed by atoms with Crippen LogP contribution in [0, 0.1) is 5.82 Å². The van der Waals surface area contributed by atoms with Gasteiger partial charge in [0.2, 0.25) is 0 Å². The van der Waals surface area contributed by atoms with Crippen LogP contribution in [0.4, 0.5) is 4.39 Å². The maximum Gasteiger partial charge on any atom is 0.177 e. The van der Waals surface area contributed by atoms with Gasteiger partial charge in [0, 0.05) is 25.7 Å². The van der Waals surface area contributed by atoms with Gasteiger partial charge in [-0.15, -0.1) is 10.2 Å². The van der Waals surface area contributed by atoms with Crippen molar-refractivity contribution < 1.29 is 4.39 Å². The van der Waals surface area contributed by atoms with E-state index in [1.165, 1.54) is 12.1 Å². The maximum atomic E-state index is 13.1. The van der Waals surface area contributed by atoms with Crippen molar-refractivity contribution in [2.75, 3.05) is 13.1 Å². The number of likely N-dealkylation sites (tertiary alicyclic amines) is 1. The first kappa shape index (κ1) is 17.9. The van der Waals surface area contributed by atoms with Crippen molar-refractivity contribution in [1.29, 1.82) is 0 Å². The number of hydrogen-bond acceptors (Lipinski definition) is 5. The van der Waals surface area contributed by atoms with Crippen molar-refractivity contribution in [2.45, 2.75) is 25.3 Å². The van der Waals surface area contributed by atoms with E-state index in [9.17, 15) is 4.39 Å². The van der Waals surface area contributed by atoms with E-state index in [1.54, 1.807) is 6.20 Å². The predicted molar refractivity (Wildman–Crippen MR) is 107 cm³/mol. The van der Waals surface area contributed by atoms with E-state index in [4.69, 9.17) is 5.10 Å². The third-order valence-electron chi connectivity index (χ3n) is 5.64. The molecule has 5 rings (SSSR count). The molecule has 0 saturated carbocycles. The van der Waals surface area contributed by atoms with E-state index in [1.807, 2.05) is 46.6 Å². The van der Waals surface area contributed by atoms with Crippen molar-refractivity contribution >= 4 is 5.65 Å². The van der Waals surface area contributed by atoms with Gasteiger partial charge in [0.05, 0.1) is 5.69 Å². The molecule has 4 heterocycles. The quantitative estimate of drug-likeness (QED) is 0.535. The fourth-order valence-corrected chi connectivity index (χ4v) is 4.02. The monoisotopic (exact) mass is 391 g/mol. The molecule has 29 heavy (non-hydrogen) atoms. The lowest BCUT2D eigenvalue weighted by atomic mass is 9.96. The summed E-state index contributed by atoms with van der Waals surface area (Å²) in [6.45, 7) is 2.78. The number of fused-ring (bicyclic) bond motifs is 1. The van der Waals surface area contributed by atoms with Crippen LogP contribution >= 0.6 is 0 Å². The molecule has 1 fully saturated rings. The molecule has 1 aliphatic rings. The normalized spacial score (nSPS) is 15.9. The van der Waals surface area contributed by atoms with Gasteiger partial charge in [0.15, 0.2) is 11.5 Å². The molecule has 0 amide bonds. The molecule has 0 N–H and O–H groups in total. The minimum absolute atomic E-state index is 0.191. The zero-order chi connectivity index (χ0) is 19.8. The SMILES string of the molecule is Cn1nccc1-c1ccc2nnc(C3CCN(Cc4ccc(F)cc4)CC3)n2n1. The fraction of sp³-hybridized carbons (Fsp3) is 0.333. The molecule has 1 saturated heterocycles. The lowest BCUT2D eigenvalue weighted by Gasteiger charge is -2.31. The molecule has 0 unspecified atom stereocenters. The number of rotatable bonds is 4. The summed E-state index contributed by atoms with van der Waals surface area (Å²) in [5.41, 5.74) is 3.72. The summed E-state index contributed by atoms with van der Waals surface area (Å²) in [5.74, 6) is 1.05. The number of piperidine rings is 1. The summed E-state index contributed by atoms with van der Waals surface area (Å²) in [6, 6.07) is 12.6. The molecular weight excluding hydrogens is 369 g/mol. The van der Waals surface area contributed by atoms with Gasteiger partial charge in [-0.05, 0) is 61.8 Å². The first-order valence-electron chi connectivity index (χ1n) is 9.85. The summed E-state index contributed by atoms with van der Waals surface area (Å²) in [6.07, 6.45) is 3.77. The molecule has 1 aromatic carbocycles.